The third-order valence-corrected chi connectivity index (χ3v) is 3.14. The number of rotatable bonds is 4. The van der Waals surface area contributed by atoms with E-state index < -0.39 is 0 Å². The van der Waals surface area contributed by atoms with Crippen molar-refractivity contribution in [3.05, 3.63) is 24.0 Å². The van der Waals surface area contributed by atoms with E-state index in [0.29, 0.717) is 18.0 Å². The van der Waals surface area contributed by atoms with Crippen molar-refractivity contribution in [3.8, 4) is 0 Å². The monoisotopic (exact) mass is 249 g/mol. The summed E-state index contributed by atoms with van der Waals surface area (Å²) in [5, 5.41) is 5.92. The maximum Gasteiger partial charge on any atom is 0.253 e. The molecule has 1 atom stereocenters. The van der Waals surface area contributed by atoms with Crippen molar-refractivity contribution in [2.24, 2.45) is 5.92 Å². The van der Waals surface area contributed by atoms with Crippen molar-refractivity contribution >= 4 is 11.6 Å². The van der Waals surface area contributed by atoms with E-state index in [4.69, 9.17) is 4.74 Å². The number of anilines is 1. The molecule has 0 saturated carbocycles. The SMILES string of the molecule is CNc1cnccc1C(=O)NCC1CCCOC1. The zero-order valence-corrected chi connectivity index (χ0v) is 10.6. The normalized spacial score (nSPS) is 19.3. The molecule has 1 aliphatic rings. The van der Waals surface area contributed by atoms with Crippen molar-refractivity contribution in [1.29, 1.82) is 0 Å². The number of hydrogen-bond acceptors (Lipinski definition) is 4. The molecule has 1 aromatic rings. The molecule has 1 fully saturated rings. The first-order chi connectivity index (χ1) is 8.81. The van der Waals surface area contributed by atoms with Gasteiger partial charge in [-0.3, -0.25) is 9.78 Å². The summed E-state index contributed by atoms with van der Waals surface area (Å²) in [6.07, 6.45) is 5.48. The van der Waals surface area contributed by atoms with Gasteiger partial charge in [-0.15, -0.1) is 0 Å². The average Bonchev–Trinajstić information content (AvgIpc) is 2.45. The van der Waals surface area contributed by atoms with E-state index in [1.165, 1.54) is 0 Å². The highest BCUT2D eigenvalue weighted by Crippen LogP contribution is 2.14. The van der Waals surface area contributed by atoms with Gasteiger partial charge >= 0.3 is 0 Å². The highest BCUT2D eigenvalue weighted by molar-refractivity contribution is 5.99. The Morgan fingerprint density at radius 1 is 1.61 bits per heavy atom. The van der Waals surface area contributed by atoms with Gasteiger partial charge in [-0.25, -0.2) is 0 Å². The number of pyridine rings is 1. The zero-order chi connectivity index (χ0) is 12.8. The molecule has 0 aliphatic carbocycles. The van der Waals surface area contributed by atoms with Crippen LogP contribution in [0.3, 0.4) is 0 Å². The van der Waals surface area contributed by atoms with Gasteiger partial charge in [0.05, 0.1) is 24.1 Å². The van der Waals surface area contributed by atoms with Gasteiger partial charge in [0, 0.05) is 26.4 Å². The first kappa shape index (κ1) is 12.8. The number of nitrogens with one attached hydrogen (secondary N) is 2. The molecule has 1 aliphatic heterocycles. The van der Waals surface area contributed by atoms with Crippen LogP contribution in [0.15, 0.2) is 18.5 Å². The lowest BCUT2D eigenvalue weighted by Gasteiger charge is -2.22. The molecule has 98 valence electrons. The van der Waals surface area contributed by atoms with Crippen LogP contribution >= 0.6 is 0 Å². The summed E-state index contributed by atoms with van der Waals surface area (Å²) in [6.45, 7) is 2.26. The smallest absolute Gasteiger partial charge is 0.253 e. The Morgan fingerprint density at radius 3 is 3.22 bits per heavy atom. The molecular weight excluding hydrogens is 230 g/mol. The van der Waals surface area contributed by atoms with Gasteiger partial charge in [-0.1, -0.05) is 0 Å². The molecule has 0 spiro atoms. The van der Waals surface area contributed by atoms with E-state index in [0.717, 1.165) is 31.7 Å². The fraction of sp³-hybridized carbons (Fsp3) is 0.538. The zero-order valence-electron chi connectivity index (χ0n) is 10.6. The largest absolute Gasteiger partial charge is 0.386 e. The van der Waals surface area contributed by atoms with Crippen LogP contribution in [-0.4, -0.2) is 37.7 Å². The predicted molar refractivity (Wildman–Crippen MR) is 69.7 cm³/mol. The van der Waals surface area contributed by atoms with Gasteiger partial charge < -0.3 is 15.4 Å². The van der Waals surface area contributed by atoms with Crippen molar-refractivity contribution in [2.75, 3.05) is 32.1 Å². The molecule has 0 radical (unpaired) electrons. The lowest BCUT2D eigenvalue weighted by atomic mass is 10.0. The Hall–Kier alpha value is -1.62. The number of nitrogens with zero attached hydrogens (tertiary/aromatic N) is 1. The quantitative estimate of drug-likeness (QED) is 0.843. The minimum absolute atomic E-state index is 0.0627. The Morgan fingerprint density at radius 2 is 2.50 bits per heavy atom. The Labute approximate surface area is 107 Å². The fourth-order valence-corrected chi connectivity index (χ4v) is 2.09. The number of hydrogen-bond donors (Lipinski definition) is 2. The molecule has 2 heterocycles. The second kappa shape index (κ2) is 6.35. The minimum atomic E-state index is -0.0627. The molecule has 5 nitrogen and oxygen atoms in total. The van der Waals surface area contributed by atoms with E-state index in [-0.39, 0.29) is 5.91 Å². The van der Waals surface area contributed by atoms with Crippen LogP contribution in [0.5, 0.6) is 0 Å². The number of carbonyl (C=O) groups excluding carboxylic acids is 1. The molecule has 0 aromatic carbocycles. The third kappa shape index (κ3) is 3.20. The Bertz CT molecular complexity index is 403. The summed E-state index contributed by atoms with van der Waals surface area (Å²) in [5.41, 5.74) is 1.37. The molecule has 2 N–H and O–H groups in total. The van der Waals surface area contributed by atoms with Gasteiger partial charge in [0.1, 0.15) is 0 Å². The minimum Gasteiger partial charge on any atom is -0.386 e. The molecule has 0 bridgehead atoms. The molecule has 18 heavy (non-hydrogen) atoms. The Balaban J connectivity index is 1.90. The summed E-state index contributed by atoms with van der Waals surface area (Å²) in [7, 11) is 1.78. The van der Waals surface area contributed by atoms with Gasteiger partial charge in [0.2, 0.25) is 0 Å². The summed E-state index contributed by atoms with van der Waals surface area (Å²) in [6, 6.07) is 1.72. The highest BCUT2D eigenvalue weighted by atomic mass is 16.5. The summed E-state index contributed by atoms with van der Waals surface area (Å²) in [4.78, 5) is 16.0. The van der Waals surface area contributed by atoms with E-state index >= 15 is 0 Å². The maximum atomic E-state index is 12.0. The topological polar surface area (TPSA) is 63.2 Å². The summed E-state index contributed by atoms with van der Waals surface area (Å²) in [5.74, 6) is 0.370. The molecular formula is C13H19N3O2. The van der Waals surface area contributed by atoms with Crippen molar-refractivity contribution < 1.29 is 9.53 Å². The molecule has 1 unspecified atom stereocenters. The first-order valence-electron chi connectivity index (χ1n) is 6.29. The molecule has 5 heteroatoms. The van der Waals surface area contributed by atoms with Crippen LogP contribution in [0.2, 0.25) is 0 Å². The predicted octanol–water partition coefficient (Wildman–Crippen LogP) is 1.28. The Kier molecular flexibility index (Phi) is 4.52. The van der Waals surface area contributed by atoms with Gasteiger partial charge in [-0.2, -0.15) is 0 Å². The average molecular weight is 249 g/mol. The van der Waals surface area contributed by atoms with Crippen LogP contribution in [0.4, 0.5) is 5.69 Å². The van der Waals surface area contributed by atoms with Crippen molar-refractivity contribution in [2.45, 2.75) is 12.8 Å². The fourth-order valence-electron chi connectivity index (χ4n) is 2.09. The molecule has 1 aromatic heterocycles. The molecule has 2 rings (SSSR count). The maximum absolute atomic E-state index is 12.0. The second-order valence-corrected chi connectivity index (χ2v) is 4.46. The summed E-state index contributed by atoms with van der Waals surface area (Å²) < 4.78 is 5.39. The lowest BCUT2D eigenvalue weighted by molar-refractivity contribution is 0.0536. The van der Waals surface area contributed by atoms with Gasteiger partial charge in [-0.05, 0) is 24.8 Å². The number of aromatic nitrogens is 1. The molecule has 1 amide bonds. The van der Waals surface area contributed by atoms with Crippen LogP contribution in [0.1, 0.15) is 23.2 Å². The van der Waals surface area contributed by atoms with Crippen LogP contribution in [0, 0.1) is 5.92 Å². The van der Waals surface area contributed by atoms with Gasteiger partial charge in [0.15, 0.2) is 0 Å². The van der Waals surface area contributed by atoms with E-state index in [9.17, 15) is 4.79 Å². The molecule has 1 saturated heterocycles. The summed E-state index contributed by atoms with van der Waals surface area (Å²) >= 11 is 0. The first-order valence-corrected chi connectivity index (χ1v) is 6.29. The van der Waals surface area contributed by atoms with E-state index in [1.54, 1.807) is 25.5 Å². The number of ether oxygens (including phenoxy) is 1. The number of carbonyl (C=O) groups is 1. The van der Waals surface area contributed by atoms with E-state index in [1.807, 2.05) is 0 Å². The van der Waals surface area contributed by atoms with Crippen LogP contribution < -0.4 is 10.6 Å². The third-order valence-electron chi connectivity index (χ3n) is 3.14. The second-order valence-electron chi connectivity index (χ2n) is 4.46. The van der Waals surface area contributed by atoms with Crippen LogP contribution in [0.25, 0.3) is 0 Å². The lowest BCUT2D eigenvalue weighted by Crippen LogP contribution is -2.33. The van der Waals surface area contributed by atoms with Crippen molar-refractivity contribution in [3.63, 3.8) is 0 Å². The standard InChI is InChI=1S/C13H19N3O2/c1-14-12-8-15-5-4-11(12)13(17)16-7-10-3-2-6-18-9-10/h4-5,8,10,14H,2-3,6-7,9H2,1H3,(H,16,17). The van der Waals surface area contributed by atoms with Gasteiger partial charge in [0.25, 0.3) is 5.91 Å². The van der Waals surface area contributed by atoms with Crippen molar-refractivity contribution in [1.82, 2.24) is 10.3 Å². The number of amides is 1. The van der Waals surface area contributed by atoms with E-state index in [2.05, 4.69) is 15.6 Å². The van der Waals surface area contributed by atoms with Crippen LogP contribution in [-0.2, 0) is 4.74 Å². The highest BCUT2D eigenvalue weighted by Gasteiger charge is 2.16.